The Hall–Kier alpha value is -5.05. The van der Waals surface area contributed by atoms with Crippen molar-refractivity contribution in [3.05, 3.63) is 96.1 Å². The number of nitrogens with one attached hydrogen (secondary N) is 1. The number of amides is 2. The Morgan fingerprint density at radius 3 is 2.44 bits per heavy atom. The standard InChI is InChI=1S/C30H23FN4O4/c1-17(36)34-25-7-5-4-6-21(25)22-15-24(32-16-27(22)34)28(37)33-30(2)23-14-20(39-3)12-13-26(23)35(29(30)38)19-10-8-18(31)9-11-19/h4-16H,1-3H3,(H,33,37)/t30-/m0/s1. The van der Waals surface area contributed by atoms with Gasteiger partial charge in [-0.15, -0.1) is 0 Å². The number of para-hydroxylation sites is 1. The van der Waals surface area contributed by atoms with Gasteiger partial charge in [0.2, 0.25) is 5.91 Å². The number of hydrogen-bond acceptors (Lipinski definition) is 5. The molecule has 2 amide bonds. The SMILES string of the molecule is COc1ccc2c(c1)[C@](C)(NC(=O)c1cc3c4ccccc4n(C(C)=O)c3cn1)C(=O)N2c1ccc(F)cc1. The largest absolute Gasteiger partial charge is 0.497 e. The number of pyridine rings is 1. The average molecular weight is 523 g/mol. The monoisotopic (exact) mass is 522 g/mol. The Balaban J connectivity index is 1.44. The van der Waals surface area contributed by atoms with Crippen LogP contribution in [0.5, 0.6) is 5.75 Å². The summed E-state index contributed by atoms with van der Waals surface area (Å²) in [5.74, 6) is -1.07. The van der Waals surface area contributed by atoms with Crippen molar-refractivity contribution in [1.29, 1.82) is 0 Å². The molecule has 1 atom stereocenters. The van der Waals surface area contributed by atoms with E-state index in [0.717, 1.165) is 5.39 Å². The van der Waals surface area contributed by atoms with E-state index < -0.39 is 23.2 Å². The normalized spacial score (nSPS) is 16.5. The lowest BCUT2D eigenvalue weighted by molar-refractivity contribution is -0.122. The number of carbonyl (C=O) groups is 3. The highest BCUT2D eigenvalue weighted by molar-refractivity contribution is 6.16. The number of benzene rings is 3. The molecule has 1 aliphatic rings. The fourth-order valence-electron chi connectivity index (χ4n) is 5.28. The molecule has 0 saturated carbocycles. The zero-order chi connectivity index (χ0) is 27.5. The molecule has 1 N–H and O–H groups in total. The number of halogens is 1. The smallest absolute Gasteiger partial charge is 0.271 e. The Morgan fingerprint density at radius 2 is 1.72 bits per heavy atom. The van der Waals surface area contributed by atoms with Crippen molar-refractivity contribution in [3.63, 3.8) is 0 Å². The molecule has 8 nitrogen and oxygen atoms in total. The minimum atomic E-state index is -1.47. The van der Waals surface area contributed by atoms with E-state index >= 15 is 0 Å². The summed E-state index contributed by atoms with van der Waals surface area (Å²) in [7, 11) is 1.52. The molecule has 3 aromatic carbocycles. The van der Waals surface area contributed by atoms with E-state index in [2.05, 4.69) is 10.3 Å². The summed E-state index contributed by atoms with van der Waals surface area (Å²) in [4.78, 5) is 45.7. The molecular formula is C30H23FN4O4. The van der Waals surface area contributed by atoms with E-state index in [0.29, 0.717) is 39.1 Å². The van der Waals surface area contributed by atoms with Crippen molar-refractivity contribution in [3.8, 4) is 5.75 Å². The fraction of sp³-hybridized carbons (Fsp3) is 0.133. The Bertz CT molecular complexity index is 1830. The van der Waals surface area contributed by atoms with Gasteiger partial charge in [-0.2, -0.15) is 0 Å². The zero-order valence-electron chi connectivity index (χ0n) is 21.4. The summed E-state index contributed by atoms with van der Waals surface area (Å²) in [6.45, 7) is 3.09. The number of fused-ring (bicyclic) bond motifs is 4. The lowest BCUT2D eigenvalue weighted by Crippen LogP contribution is -2.50. The van der Waals surface area contributed by atoms with Crippen molar-refractivity contribution in [2.75, 3.05) is 12.0 Å². The predicted molar refractivity (Wildman–Crippen MR) is 145 cm³/mol. The van der Waals surface area contributed by atoms with Crippen LogP contribution in [-0.2, 0) is 10.3 Å². The van der Waals surface area contributed by atoms with Gasteiger partial charge in [-0.05, 0) is 61.5 Å². The Kier molecular flexibility index (Phi) is 5.46. The molecule has 1 aliphatic heterocycles. The molecular weight excluding hydrogens is 499 g/mol. The maximum absolute atomic E-state index is 13.9. The molecule has 0 bridgehead atoms. The van der Waals surface area contributed by atoms with Gasteiger partial charge >= 0.3 is 0 Å². The number of anilines is 2. The molecule has 2 aromatic heterocycles. The van der Waals surface area contributed by atoms with E-state index in [9.17, 15) is 18.8 Å². The summed E-state index contributed by atoms with van der Waals surface area (Å²) in [5.41, 5.74) is 1.45. The van der Waals surface area contributed by atoms with E-state index in [-0.39, 0.29) is 11.6 Å². The quantitative estimate of drug-likeness (QED) is 0.345. The second-order valence-corrected chi connectivity index (χ2v) is 9.54. The van der Waals surface area contributed by atoms with Crippen molar-refractivity contribution < 1.29 is 23.5 Å². The molecule has 0 saturated heterocycles. The molecule has 0 aliphatic carbocycles. The number of carbonyl (C=O) groups excluding carboxylic acids is 3. The third-order valence-electron chi connectivity index (χ3n) is 7.17. The van der Waals surface area contributed by atoms with E-state index in [1.807, 2.05) is 24.3 Å². The number of nitrogens with zero attached hydrogens (tertiary/aromatic N) is 3. The number of aromatic nitrogens is 2. The topological polar surface area (TPSA) is 93.5 Å². The average Bonchev–Trinajstić information content (AvgIpc) is 3.38. The maximum Gasteiger partial charge on any atom is 0.271 e. The van der Waals surface area contributed by atoms with Crippen LogP contribution in [0.25, 0.3) is 21.8 Å². The maximum atomic E-state index is 13.9. The van der Waals surface area contributed by atoms with Crippen molar-refractivity contribution >= 4 is 50.9 Å². The van der Waals surface area contributed by atoms with Gasteiger partial charge in [-0.25, -0.2) is 9.37 Å². The lowest BCUT2D eigenvalue weighted by atomic mass is 9.93. The van der Waals surface area contributed by atoms with Gasteiger partial charge in [-0.1, -0.05) is 18.2 Å². The first-order chi connectivity index (χ1) is 18.7. The van der Waals surface area contributed by atoms with Gasteiger partial charge in [-0.3, -0.25) is 23.9 Å². The number of hydrogen-bond donors (Lipinski definition) is 1. The second-order valence-electron chi connectivity index (χ2n) is 9.54. The lowest BCUT2D eigenvalue weighted by Gasteiger charge is -2.26. The van der Waals surface area contributed by atoms with Crippen molar-refractivity contribution in [2.24, 2.45) is 0 Å². The first-order valence-electron chi connectivity index (χ1n) is 12.2. The molecule has 194 valence electrons. The van der Waals surface area contributed by atoms with Crippen LogP contribution in [0.1, 0.15) is 34.7 Å². The first-order valence-corrected chi connectivity index (χ1v) is 12.2. The molecule has 9 heteroatoms. The van der Waals surface area contributed by atoms with Crippen LogP contribution >= 0.6 is 0 Å². The second kappa shape index (κ2) is 8.76. The minimum absolute atomic E-state index is 0.0904. The van der Waals surface area contributed by atoms with Gasteiger partial charge in [0.25, 0.3) is 11.8 Å². The molecule has 0 radical (unpaired) electrons. The summed E-state index contributed by atoms with van der Waals surface area (Å²) in [6, 6.07) is 19.8. The van der Waals surface area contributed by atoms with E-state index in [1.165, 1.54) is 49.4 Å². The molecule has 6 rings (SSSR count). The van der Waals surface area contributed by atoms with Gasteiger partial charge in [0.15, 0.2) is 0 Å². The predicted octanol–water partition coefficient (Wildman–Crippen LogP) is 5.32. The van der Waals surface area contributed by atoms with Crippen LogP contribution in [0.3, 0.4) is 0 Å². The fourth-order valence-corrected chi connectivity index (χ4v) is 5.28. The van der Waals surface area contributed by atoms with Gasteiger partial charge in [0.05, 0.1) is 30.0 Å². The number of ether oxygens (including phenoxy) is 1. The highest BCUT2D eigenvalue weighted by Crippen LogP contribution is 2.45. The molecule has 5 aromatic rings. The Labute approximate surface area is 222 Å². The van der Waals surface area contributed by atoms with Crippen LogP contribution in [0, 0.1) is 5.82 Å². The van der Waals surface area contributed by atoms with Crippen LogP contribution < -0.4 is 15.0 Å². The van der Waals surface area contributed by atoms with Crippen LogP contribution in [-0.4, -0.2) is 34.4 Å². The molecule has 3 heterocycles. The van der Waals surface area contributed by atoms with E-state index in [1.54, 1.807) is 35.8 Å². The summed E-state index contributed by atoms with van der Waals surface area (Å²) >= 11 is 0. The zero-order valence-corrected chi connectivity index (χ0v) is 21.4. The summed E-state index contributed by atoms with van der Waals surface area (Å²) < 4.78 is 20.6. The van der Waals surface area contributed by atoms with Crippen molar-refractivity contribution in [2.45, 2.75) is 19.4 Å². The summed E-state index contributed by atoms with van der Waals surface area (Å²) in [6.07, 6.45) is 1.49. The van der Waals surface area contributed by atoms with Crippen LogP contribution in [0.15, 0.2) is 79.0 Å². The molecule has 39 heavy (non-hydrogen) atoms. The number of rotatable bonds is 4. The van der Waals surface area contributed by atoms with E-state index in [4.69, 9.17) is 4.74 Å². The van der Waals surface area contributed by atoms with Gasteiger partial charge < -0.3 is 10.1 Å². The highest BCUT2D eigenvalue weighted by atomic mass is 19.1. The number of methoxy groups -OCH3 is 1. The van der Waals surface area contributed by atoms with Gasteiger partial charge in [0, 0.05) is 28.9 Å². The van der Waals surface area contributed by atoms with Gasteiger partial charge in [0.1, 0.15) is 22.8 Å². The van der Waals surface area contributed by atoms with Crippen molar-refractivity contribution in [1.82, 2.24) is 14.9 Å². The molecule has 0 spiro atoms. The van der Waals surface area contributed by atoms with Crippen LogP contribution in [0.4, 0.5) is 15.8 Å². The molecule has 0 unspecified atom stereocenters. The highest BCUT2D eigenvalue weighted by Gasteiger charge is 2.49. The third-order valence-corrected chi connectivity index (χ3v) is 7.17. The minimum Gasteiger partial charge on any atom is -0.497 e. The molecule has 0 fully saturated rings. The first kappa shape index (κ1) is 24.3. The van der Waals surface area contributed by atoms with Crippen LogP contribution in [0.2, 0.25) is 0 Å². The Morgan fingerprint density at radius 1 is 0.974 bits per heavy atom. The third kappa shape index (κ3) is 3.65. The summed E-state index contributed by atoms with van der Waals surface area (Å²) in [5, 5.41) is 4.39.